The van der Waals surface area contributed by atoms with Crippen molar-refractivity contribution >= 4 is 37.5 Å². The summed E-state index contributed by atoms with van der Waals surface area (Å²) in [6, 6.07) is 8.27. The molecule has 0 aliphatic carbocycles. The van der Waals surface area contributed by atoms with Crippen molar-refractivity contribution in [1.82, 2.24) is 10.3 Å². The van der Waals surface area contributed by atoms with E-state index in [0.717, 1.165) is 30.4 Å². The Bertz CT molecular complexity index is 394. The fourth-order valence-corrected chi connectivity index (χ4v) is 2.60. The van der Waals surface area contributed by atoms with Gasteiger partial charge in [-0.15, -0.1) is 11.3 Å². The van der Waals surface area contributed by atoms with Crippen molar-refractivity contribution in [1.29, 1.82) is 0 Å². The number of para-hydroxylation sites is 1. The van der Waals surface area contributed by atoms with E-state index in [1.807, 2.05) is 6.07 Å². The van der Waals surface area contributed by atoms with Crippen LogP contribution >= 0.6 is 27.3 Å². The summed E-state index contributed by atoms with van der Waals surface area (Å²) in [5.74, 6) is 0. The number of aromatic nitrogens is 1. The smallest absolute Gasteiger partial charge is 0.108 e. The van der Waals surface area contributed by atoms with Gasteiger partial charge in [0.25, 0.3) is 0 Å². The van der Waals surface area contributed by atoms with Gasteiger partial charge in [-0.3, -0.25) is 0 Å². The first-order chi connectivity index (χ1) is 7.40. The van der Waals surface area contributed by atoms with Crippen LogP contribution in [0.5, 0.6) is 0 Å². The summed E-state index contributed by atoms with van der Waals surface area (Å²) in [5.41, 5.74) is 1.11. The van der Waals surface area contributed by atoms with Gasteiger partial charge >= 0.3 is 0 Å². The van der Waals surface area contributed by atoms with Crippen LogP contribution in [-0.4, -0.2) is 16.9 Å². The molecule has 0 bridgehead atoms. The molecule has 0 atom stereocenters. The fraction of sp³-hybridized carbons (Fsp3) is 0.364. The van der Waals surface area contributed by atoms with Crippen LogP contribution in [0, 0.1) is 0 Å². The Morgan fingerprint density at radius 2 is 2.20 bits per heavy atom. The predicted octanol–water partition coefficient (Wildman–Crippen LogP) is 3.17. The maximum Gasteiger partial charge on any atom is 0.108 e. The van der Waals surface area contributed by atoms with E-state index in [0.29, 0.717) is 0 Å². The minimum Gasteiger partial charge on any atom is -0.310 e. The maximum absolute atomic E-state index is 4.55. The van der Waals surface area contributed by atoms with Crippen molar-refractivity contribution in [3.05, 3.63) is 29.3 Å². The third-order valence-corrected chi connectivity index (χ3v) is 3.70. The van der Waals surface area contributed by atoms with Gasteiger partial charge in [0.1, 0.15) is 5.01 Å². The van der Waals surface area contributed by atoms with E-state index in [-0.39, 0.29) is 0 Å². The third kappa shape index (κ3) is 3.00. The molecule has 15 heavy (non-hydrogen) atoms. The van der Waals surface area contributed by atoms with Crippen molar-refractivity contribution in [3.8, 4) is 0 Å². The lowest BCUT2D eigenvalue weighted by molar-refractivity contribution is 0.678. The molecule has 2 rings (SSSR count). The van der Waals surface area contributed by atoms with E-state index in [1.165, 1.54) is 9.71 Å². The summed E-state index contributed by atoms with van der Waals surface area (Å²) in [4.78, 5) is 4.55. The van der Waals surface area contributed by atoms with Crippen LogP contribution in [-0.2, 0) is 6.54 Å². The molecule has 0 aliphatic rings. The molecule has 1 aromatic heterocycles. The van der Waals surface area contributed by atoms with Crippen LogP contribution in [0.3, 0.4) is 0 Å². The van der Waals surface area contributed by atoms with E-state index >= 15 is 0 Å². The number of nitrogens with zero attached hydrogens (tertiary/aromatic N) is 1. The van der Waals surface area contributed by atoms with Crippen LogP contribution in [0.4, 0.5) is 0 Å². The summed E-state index contributed by atoms with van der Waals surface area (Å²) in [5, 5.41) is 5.61. The molecule has 2 aromatic rings. The number of thiazole rings is 1. The second-order valence-corrected chi connectivity index (χ2v) is 5.20. The van der Waals surface area contributed by atoms with Gasteiger partial charge in [-0.05, 0) is 25.1 Å². The molecule has 80 valence electrons. The van der Waals surface area contributed by atoms with Crippen LogP contribution in [0.15, 0.2) is 24.3 Å². The molecule has 4 heteroatoms. The number of alkyl halides is 1. The first-order valence-electron chi connectivity index (χ1n) is 5.01. The van der Waals surface area contributed by atoms with E-state index < -0.39 is 0 Å². The normalized spacial score (nSPS) is 11.0. The Hall–Kier alpha value is -0.450. The Balaban J connectivity index is 1.97. The van der Waals surface area contributed by atoms with Gasteiger partial charge in [0.05, 0.1) is 10.2 Å². The minimum absolute atomic E-state index is 0.881. The standard InChI is InChI=1S/C11H13BrN2S/c12-6-3-7-13-8-11-14-9-4-1-2-5-10(9)15-11/h1-2,4-5,13H,3,6-8H2. The molecular formula is C11H13BrN2S. The number of halogens is 1. The van der Waals surface area contributed by atoms with Crippen LogP contribution in [0.1, 0.15) is 11.4 Å². The second-order valence-electron chi connectivity index (χ2n) is 3.29. The zero-order chi connectivity index (χ0) is 10.5. The molecule has 0 radical (unpaired) electrons. The number of rotatable bonds is 5. The van der Waals surface area contributed by atoms with Gasteiger partial charge in [-0.1, -0.05) is 28.1 Å². The van der Waals surface area contributed by atoms with Crippen LogP contribution in [0.2, 0.25) is 0 Å². The summed E-state index contributed by atoms with van der Waals surface area (Å²) in [6.45, 7) is 1.92. The molecule has 0 unspecified atom stereocenters. The Morgan fingerprint density at radius 3 is 3.00 bits per heavy atom. The van der Waals surface area contributed by atoms with Crippen molar-refractivity contribution < 1.29 is 0 Å². The molecule has 2 nitrogen and oxygen atoms in total. The number of benzene rings is 1. The van der Waals surface area contributed by atoms with E-state index in [9.17, 15) is 0 Å². The first-order valence-corrected chi connectivity index (χ1v) is 6.95. The van der Waals surface area contributed by atoms with Crippen molar-refractivity contribution in [3.63, 3.8) is 0 Å². The minimum atomic E-state index is 0.881. The van der Waals surface area contributed by atoms with Gasteiger partial charge in [0.15, 0.2) is 0 Å². The summed E-state index contributed by atoms with van der Waals surface area (Å²) >= 11 is 5.18. The lowest BCUT2D eigenvalue weighted by Crippen LogP contribution is -2.14. The quantitative estimate of drug-likeness (QED) is 0.674. The van der Waals surface area contributed by atoms with Gasteiger partial charge in [-0.2, -0.15) is 0 Å². The monoisotopic (exact) mass is 284 g/mol. The summed E-state index contributed by atoms with van der Waals surface area (Å²) in [6.07, 6.45) is 1.16. The molecule has 0 saturated heterocycles. The molecule has 1 aromatic carbocycles. The highest BCUT2D eigenvalue weighted by atomic mass is 79.9. The molecular weight excluding hydrogens is 272 g/mol. The Labute approximate surface area is 102 Å². The maximum atomic E-state index is 4.55. The fourth-order valence-electron chi connectivity index (χ4n) is 1.38. The van der Waals surface area contributed by atoms with E-state index in [4.69, 9.17) is 0 Å². The molecule has 0 amide bonds. The lowest BCUT2D eigenvalue weighted by Gasteiger charge is -1.98. The van der Waals surface area contributed by atoms with Crippen LogP contribution in [0.25, 0.3) is 10.2 Å². The highest BCUT2D eigenvalue weighted by molar-refractivity contribution is 9.09. The van der Waals surface area contributed by atoms with Gasteiger partial charge in [0.2, 0.25) is 0 Å². The molecule has 0 aliphatic heterocycles. The molecule has 0 fully saturated rings. The molecule has 1 heterocycles. The van der Waals surface area contributed by atoms with E-state index in [2.05, 4.69) is 44.4 Å². The Morgan fingerprint density at radius 1 is 1.33 bits per heavy atom. The summed E-state index contributed by atoms with van der Waals surface area (Å²) in [7, 11) is 0. The summed E-state index contributed by atoms with van der Waals surface area (Å²) < 4.78 is 1.27. The number of nitrogens with one attached hydrogen (secondary N) is 1. The Kier molecular flexibility index (Phi) is 4.11. The third-order valence-electron chi connectivity index (χ3n) is 2.10. The van der Waals surface area contributed by atoms with Gasteiger partial charge in [0, 0.05) is 11.9 Å². The first kappa shape index (κ1) is 11.0. The SMILES string of the molecule is BrCCCNCc1nc2ccccc2s1. The second kappa shape index (κ2) is 5.58. The van der Waals surface area contributed by atoms with E-state index in [1.54, 1.807) is 11.3 Å². The van der Waals surface area contributed by atoms with Crippen LogP contribution < -0.4 is 5.32 Å². The predicted molar refractivity (Wildman–Crippen MR) is 69.7 cm³/mol. The number of hydrogen-bond donors (Lipinski definition) is 1. The topological polar surface area (TPSA) is 24.9 Å². The zero-order valence-corrected chi connectivity index (χ0v) is 10.8. The number of fused-ring (bicyclic) bond motifs is 1. The lowest BCUT2D eigenvalue weighted by atomic mass is 10.3. The average Bonchev–Trinajstić information content (AvgIpc) is 2.67. The molecule has 1 N–H and O–H groups in total. The van der Waals surface area contributed by atoms with Gasteiger partial charge in [-0.25, -0.2) is 4.98 Å². The molecule has 0 saturated carbocycles. The van der Waals surface area contributed by atoms with Crippen molar-refractivity contribution in [2.24, 2.45) is 0 Å². The highest BCUT2D eigenvalue weighted by Crippen LogP contribution is 2.21. The van der Waals surface area contributed by atoms with Crippen molar-refractivity contribution in [2.75, 3.05) is 11.9 Å². The largest absolute Gasteiger partial charge is 0.310 e. The van der Waals surface area contributed by atoms with Crippen molar-refractivity contribution in [2.45, 2.75) is 13.0 Å². The zero-order valence-electron chi connectivity index (χ0n) is 8.37. The molecule has 0 spiro atoms. The average molecular weight is 285 g/mol. The number of hydrogen-bond acceptors (Lipinski definition) is 3. The van der Waals surface area contributed by atoms with Gasteiger partial charge < -0.3 is 5.32 Å². The highest BCUT2D eigenvalue weighted by Gasteiger charge is 2.01.